The number of halogens is 1. The number of anilines is 1. The van der Waals surface area contributed by atoms with Crippen LogP contribution in [0.3, 0.4) is 0 Å². The standard InChI is InChI=1S/C13H8FNO2/c14-7-1-4-12-10(5-7)9-3-2-8(15)6-11(9)13(16)17-12/h1-6H,15H2. The van der Waals surface area contributed by atoms with E-state index in [1.807, 2.05) is 0 Å². The highest BCUT2D eigenvalue weighted by Gasteiger charge is 2.08. The Kier molecular flexibility index (Phi) is 1.92. The Balaban J connectivity index is 2.62. The van der Waals surface area contributed by atoms with Gasteiger partial charge in [-0.05, 0) is 30.3 Å². The van der Waals surface area contributed by atoms with Crippen molar-refractivity contribution in [2.45, 2.75) is 0 Å². The maximum Gasteiger partial charge on any atom is 0.344 e. The third-order valence-electron chi connectivity index (χ3n) is 2.70. The van der Waals surface area contributed by atoms with Gasteiger partial charge in [0.05, 0.1) is 5.39 Å². The molecular weight excluding hydrogens is 221 g/mol. The third-order valence-corrected chi connectivity index (χ3v) is 2.70. The molecule has 17 heavy (non-hydrogen) atoms. The van der Waals surface area contributed by atoms with Crippen LogP contribution in [0.4, 0.5) is 10.1 Å². The summed E-state index contributed by atoms with van der Waals surface area (Å²) in [6, 6.07) is 8.95. The van der Waals surface area contributed by atoms with Gasteiger partial charge in [0.2, 0.25) is 0 Å². The second-order valence-electron chi connectivity index (χ2n) is 3.84. The molecule has 0 amide bonds. The maximum absolute atomic E-state index is 13.2. The lowest BCUT2D eigenvalue weighted by Crippen LogP contribution is -2.00. The SMILES string of the molecule is Nc1ccc2c(c1)c(=O)oc1ccc(F)cc12. The molecule has 1 aromatic heterocycles. The zero-order valence-electron chi connectivity index (χ0n) is 8.74. The van der Waals surface area contributed by atoms with E-state index in [0.29, 0.717) is 27.4 Å². The van der Waals surface area contributed by atoms with E-state index >= 15 is 0 Å². The Morgan fingerprint density at radius 2 is 1.82 bits per heavy atom. The van der Waals surface area contributed by atoms with E-state index in [1.54, 1.807) is 12.1 Å². The smallest absolute Gasteiger partial charge is 0.344 e. The van der Waals surface area contributed by atoms with Gasteiger partial charge in [-0.2, -0.15) is 0 Å². The second kappa shape index (κ2) is 3.31. The van der Waals surface area contributed by atoms with E-state index in [-0.39, 0.29) is 5.82 Å². The molecule has 0 aliphatic carbocycles. The fraction of sp³-hybridized carbons (Fsp3) is 0. The van der Waals surface area contributed by atoms with Crippen molar-refractivity contribution in [2.24, 2.45) is 0 Å². The third kappa shape index (κ3) is 1.45. The van der Waals surface area contributed by atoms with Gasteiger partial charge in [0, 0.05) is 16.5 Å². The molecule has 0 aliphatic rings. The van der Waals surface area contributed by atoms with Crippen LogP contribution < -0.4 is 11.4 Å². The topological polar surface area (TPSA) is 56.2 Å². The Hall–Kier alpha value is -2.36. The van der Waals surface area contributed by atoms with Gasteiger partial charge in [-0.25, -0.2) is 9.18 Å². The summed E-state index contributed by atoms with van der Waals surface area (Å²) >= 11 is 0. The van der Waals surface area contributed by atoms with Gasteiger partial charge in [-0.3, -0.25) is 0 Å². The fourth-order valence-corrected chi connectivity index (χ4v) is 1.92. The molecule has 3 aromatic rings. The van der Waals surface area contributed by atoms with E-state index in [4.69, 9.17) is 10.2 Å². The number of hydrogen-bond donors (Lipinski definition) is 1. The van der Waals surface area contributed by atoms with E-state index in [9.17, 15) is 9.18 Å². The lowest BCUT2D eigenvalue weighted by Gasteiger charge is -2.03. The Morgan fingerprint density at radius 1 is 1.00 bits per heavy atom. The minimum Gasteiger partial charge on any atom is -0.422 e. The van der Waals surface area contributed by atoms with Crippen molar-refractivity contribution in [3.05, 3.63) is 52.6 Å². The van der Waals surface area contributed by atoms with Crippen molar-refractivity contribution in [3.8, 4) is 0 Å². The summed E-state index contributed by atoms with van der Waals surface area (Å²) in [5.41, 5.74) is 5.99. The molecule has 0 atom stereocenters. The molecular formula is C13H8FNO2. The Morgan fingerprint density at radius 3 is 2.65 bits per heavy atom. The maximum atomic E-state index is 13.2. The van der Waals surface area contributed by atoms with Gasteiger partial charge in [0.15, 0.2) is 0 Å². The first kappa shape index (κ1) is 9.84. The molecule has 84 valence electrons. The molecule has 0 aliphatic heterocycles. The minimum atomic E-state index is -0.466. The molecule has 0 radical (unpaired) electrons. The highest BCUT2D eigenvalue weighted by molar-refractivity contribution is 6.04. The monoisotopic (exact) mass is 229 g/mol. The lowest BCUT2D eigenvalue weighted by molar-refractivity contribution is 0.567. The first-order valence-electron chi connectivity index (χ1n) is 5.07. The van der Waals surface area contributed by atoms with Crippen LogP contribution >= 0.6 is 0 Å². The van der Waals surface area contributed by atoms with E-state index in [1.165, 1.54) is 24.3 Å². The predicted molar refractivity (Wildman–Crippen MR) is 64.4 cm³/mol. The second-order valence-corrected chi connectivity index (χ2v) is 3.84. The van der Waals surface area contributed by atoms with Crippen LogP contribution in [0, 0.1) is 5.82 Å². The molecule has 4 heteroatoms. The first-order chi connectivity index (χ1) is 8.15. The van der Waals surface area contributed by atoms with Crippen molar-refractivity contribution in [3.63, 3.8) is 0 Å². The molecule has 0 unspecified atom stereocenters. The summed E-state index contributed by atoms with van der Waals surface area (Å²) in [6.45, 7) is 0. The number of nitrogens with two attached hydrogens (primary N) is 1. The normalized spacial score (nSPS) is 11.1. The number of fused-ring (bicyclic) bond motifs is 3. The molecule has 3 rings (SSSR count). The molecule has 0 spiro atoms. The zero-order chi connectivity index (χ0) is 12.0. The van der Waals surface area contributed by atoms with Crippen LogP contribution in [-0.2, 0) is 0 Å². The predicted octanol–water partition coefficient (Wildman–Crippen LogP) is 2.67. The minimum absolute atomic E-state index is 0.364. The van der Waals surface area contributed by atoms with Gasteiger partial charge in [0.1, 0.15) is 11.4 Å². The van der Waals surface area contributed by atoms with Crippen molar-refractivity contribution < 1.29 is 8.81 Å². The quantitative estimate of drug-likeness (QED) is 0.366. The molecule has 2 N–H and O–H groups in total. The fourth-order valence-electron chi connectivity index (χ4n) is 1.92. The van der Waals surface area contributed by atoms with E-state index in [0.717, 1.165) is 0 Å². The summed E-state index contributed by atoms with van der Waals surface area (Å²) in [5.74, 6) is -0.371. The molecule has 0 fully saturated rings. The largest absolute Gasteiger partial charge is 0.422 e. The average Bonchev–Trinajstić information content (AvgIpc) is 2.30. The van der Waals surface area contributed by atoms with Gasteiger partial charge >= 0.3 is 5.63 Å². The summed E-state index contributed by atoms with van der Waals surface area (Å²) in [6.07, 6.45) is 0. The molecule has 1 heterocycles. The van der Waals surface area contributed by atoms with E-state index in [2.05, 4.69) is 0 Å². The number of hydrogen-bond acceptors (Lipinski definition) is 3. The van der Waals surface area contributed by atoms with E-state index < -0.39 is 5.63 Å². The van der Waals surface area contributed by atoms with Crippen LogP contribution in [0.2, 0.25) is 0 Å². The van der Waals surface area contributed by atoms with Gasteiger partial charge in [0.25, 0.3) is 0 Å². The van der Waals surface area contributed by atoms with Gasteiger partial charge in [-0.15, -0.1) is 0 Å². The lowest BCUT2D eigenvalue weighted by atomic mass is 10.1. The van der Waals surface area contributed by atoms with Crippen molar-refractivity contribution in [1.29, 1.82) is 0 Å². The zero-order valence-corrected chi connectivity index (χ0v) is 8.74. The number of benzene rings is 2. The molecule has 2 aromatic carbocycles. The summed E-state index contributed by atoms with van der Waals surface area (Å²) in [4.78, 5) is 11.7. The van der Waals surface area contributed by atoms with Crippen LogP contribution in [0.25, 0.3) is 21.7 Å². The average molecular weight is 229 g/mol. The highest BCUT2D eigenvalue weighted by atomic mass is 19.1. The summed E-state index contributed by atoms with van der Waals surface area (Å²) in [5, 5.41) is 1.58. The Bertz CT molecular complexity index is 792. The van der Waals surface area contributed by atoms with Crippen LogP contribution in [-0.4, -0.2) is 0 Å². The van der Waals surface area contributed by atoms with Crippen LogP contribution in [0.1, 0.15) is 0 Å². The summed E-state index contributed by atoms with van der Waals surface area (Å²) in [7, 11) is 0. The molecule has 0 bridgehead atoms. The molecule has 0 saturated heterocycles. The Labute approximate surface area is 95.3 Å². The van der Waals surface area contributed by atoms with Crippen LogP contribution in [0.15, 0.2) is 45.6 Å². The van der Waals surface area contributed by atoms with Crippen molar-refractivity contribution in [1.82, 2.24) is 0 Å². The molecule has 3 nitrogen and oxygen atoms in total. The number of rotatable bonds is 0. The molecule has 0 saturated carbocycles. The number of nitrogen functional groups attached to an aromatic ring is 1. The van der Waals surface area contributed by atoms with Gasteiger partial charge in [-0.1, -0.05) is 6.07 Å². The van der Waals surface area contributed by atoms with Crippen molar-refractivity contribution >= 4 is 27.4 Å². The summed E-state index contributed by atoms with van der Waals surface area (Å²) < 4.78 is 18.3. The van der Waals surface area contributed by atoms with Gasteiger partial charge < -0.3 is 10.2 Å². The van der Waals surface area contributed by atoms with Crippen LogP contribution in [0.5, 0.6) is 0 Å². The first-order valence-corrected chi connectivity index (χ1v) is 5.07. The van der Waals surface area contributed by atoms with Crippen molar-refractivity contribution in [2.75, 3.05) is 5.73 Å². The highest BCUT2D eigenvalue weighted by Crippen LogP contribution is 2.24.